The number of aliphatic carboxylic acids is 1. The highest BCUT2D eigenvalue weighted by atomic mass is 32.1. The van der Waals surface area contributed by atoms with Crippen molar-refractivity contribution in [2.45, 2.75) is 31.6 Å². The molecule has 1 aliphatic carbocycles. The Balaban J connectivity index is 1.48. The van der Waals surface area contributed by atoms with Crippen LogP contribution in [0.5, 0.6) is 0 Å². The first-order chi connectivity index (χ1) is 16.1. The van der Waals surface area contributed by atoms with Gasteiger partial charge in [0.25, 0.3) is 0 Å². The molecule has 1 aliphatic rings. The number of thiophene rings is 1. The average Bonchev–Trinajstić information content (AvgIpc) is 3.57. The second kappa shape index (κ2) is 7.74. The molecule has 0 unspecified atom stereocenters. The van der Waals surface area contributed by atoms with Gasteiger partial charge in [0.2, 0.25) is 0 Å². The van der Waals surface area contributed by atoms with Crippen molar-refractivity contribution in [2.75, 3.05) is 5.73 Å². The molecular weight excluding hydrogens is 434 g/mol. The molecule has 33 heavy (non-hydrogen) atoms. The predicted molar refractivity (Wildman–Crippen MR) is 130 cm³/mol. The van der Waals surface area contributed by atoms with Gasteiger partial charge >= 0.3 is 5.97 Å². The van der Waals surface area contributed by atoms with E-state index in [1.807, 2.05) is 10.6 Å². The highest BCUT2D eigenvalue weighted by molar-refractivity contribution is 7.08. The second-order valence-electron chi connectivity index (χ2n) is 8.70. The van der Waals surface area contributed by atoms with E-state index in [0.717, 1.165) is 52.0 Å². The van der Waals surface area contributed by atoms with E-state index in [4.69, 9.17) is 10.7 Å². The van der Waals surface area contributed by atoms with Crippen LogP contribution in [0.3, 0.4) is 0 Å². The van der Waals surface area contributed by atoms with Crippen molar-refractivity contribution in [2.24, 2.45) is 5.92 Å². The minimum absolute atomic E-state index is 0.189. The summed E-state index contributed by atoms with van der Waals surface area (Å²) in [5, 5.41) is 14.7. The first-order valence-electron chi connectivity index (χ1n) is 11.1. The number of carboxylic acid groups (broad SMARTS) is 1. The third-order valence-corrected chi connectivity index (χ3v) is 7.48. The molecule has 4 N–H and O–H groups in total. The number of fused-ring (bicyclic) bond motifs is 2. The number of aromatic nitrogens is 4. The Morgan fingerprint density at radius 1 is 1.21 bits per heavy atom. The minimum atomic E-state index is -0.699. The third-order valence-electron chi connectivity index (χ3n) is 6.80. The van der Waals surface area contributed by atoms with Gasteiger partial charge in [-0.25, -0.2) is 9.97 Å². The van der Waals surface area contributed by atoms with E-state index in [1.54, 1.807) is 17.5 Å². The van der Waals surface area contributed by atoms with Crippen molar-refractivity contribution in [3.63, 3.8) is 0 Å². The van der Waals surface area contributed by atoms with Crippen molar-refractivity contribution in [3.05, 3.63) is 59.3 Å². The number of hydrogen-bond acceptors (Lipinski definition) is 5. The first-order valence-corrected chi connectivity index (χ1v) is 12.0. The molecule has 1 aromatic carbocycles. The number of rotatable bonds is 4. The van der Waals surface area contributed by atoms with Crippen molar-refractivity contribution in [1.29, 1.82) is 0 Å². The van der Waals surface area contributed by atoms with Crippen LogP contribution in [0.25, 0.3) is 38.9 Å². The molecule has 4 heterocycles. The number of H-pyrrole nitrogens is 1. The van der Waals surface area contributed by atoms with Gasteiger partial charge in [0.15, 0.2) is 0 Å². The number of imidazole rings is 1. The topological polar surface area (TPSA) is 109 Å². The minimum Gasteiger partial charge on any atom is -0.481 e. The van der Waals surface area contributed by atoms with Gasteiger partial charge in [-0.15, -0.1) is 0 Å². The monoisotopic (exact) mass is 457 g/mol. The van der Waals surface area contributed by atoms with Crippen LogP contribution in [0, 0.1) is 5.92 Å². The number of nitrogens with one attached hydrogen (secondary N) is 1. The maximum absolute atomic E-state index is 11.4. The van der Waals surface area contributed by atoms with Crippen LogP contribution < -0.4 is 5.73 Å². The number of para-hydroxylation sites is 1. The van der Waals surface area contributed by atoms with Crippen molar-refractivity contribution in [3.8, 4) is 22.5 Å². The number of carboxylic acids is 1. The van der Waals surface area contributed by atoms with Crippen molar-refractivity contribution < 1.29 is 9.90 Å². The summed E-state index contributed by atoms with van der Waals surface area (Å²) >= 11 is 1.68. The number of hydrogen-bond donors (Lipinski definition) is 3. The van der Waals surface area contributed by atoms with Crippen molar-refractivity contribution in [1.82, 2.24) is 19.4 Å². The van der Waals surface area contributed by atoms with E-state index in [0.29, 0.717) is 18.7 Å². The lowest BCUT2D eigenvalue weighted by atomic mass is 9.81. The SMILES string of the molecule is Nc1nccn2c1c(-c1cc3cccc(-c4ccsc4)c3[nH]1)nc2[C@H]1CC[C@H](C(=O)O)CC1. The van der Waals surface area contributed by atoms with Crippen LogP contribution in [0.4, 0.5) is 5.82 Å². The standard InChI is InChI=1S/C25H23N5O2S/c26-23-22-21(19-12-16-2-1-3-18(20(16)28-19)17-8-11-33-13-17)29-24(30(22)10-9-27-23)14-4-6-15(7-5-14)25(31)32/h1-3,8-15,28H,4-7H2,(H2,26,27)(H,31,32)/t14-,15-. The Morgan fingerprint density at radius 2 is 2.06 bits per heavy atom. The maximum Gasteiger partial charge on any atom is 0.306 e. The Bertz CT molecular complexity index is 1480. The van der Waals surface area contributed by atoms with Crippen LogP contribution in [0.15, 0.2) is 53.5 Å². The number of carbonyl (C=O) groups is 1. The summed E-state index contributed by atoms with van der Waals surface area (Å²) < 4.78 is 2.04. The molecule has 0 spiro atoms. The first kappa shape index (κ1) is 20.0. The highest BCUT2D eigenvalue weighted by Crippen LogP contribution is 2.39. The summed E-state index contributed by atoms with van der Waals surface area (Å²) in [6.07, 6.45) is 6.53. The van der Waals surface area contributed by atoms with Gasteiger partial charge in [-0.3, -0.25) is 9.20 Å². The average molecular weight is 458 g/mol. The van der Waals surface area contributed by atoms with E-state index in [2.05, 4.69) is 51.1 Å². The lowest BCUT2D eigenvalue weighted by molar-refractivity contribution is -0.142. The Morgan fingerprint density at radius 3 is 2.82 bits per heavy atom. The number of nitrogens with zero attached hydrogens (tertiary/aromatic N) is 3. The number of anilines is 1. The van der Waals surface area contributed by atoms with E-state index < -0.39 is 5.97 Å². The maximum atomic E-state index is 11.4. The molecule has 8 heteroatoms. The van der Waals surface area contributed by atoms with E-state index in [9.17, 15) is 9.90 Å². The Labute approximate surface area is 193 Å². The molecule has 6 rings (SSSR count). The summed E-state index contributed by atoms with van der Waals surface area (Å²) in [5.41, 5.74) is 12.2. The van der Waals surface area contributed by atoms with Crippen LogP contribution in [0.2, 0.25) is 0 Å². The number of aromatic amines is 1. The number of nitrogens with two attached hydrogens (primary N) is 1. The van der Waals surface area contributed by atoms with Crippen LogP contribution in [-0.4, -0.2) is 30.4 Å². The quantitative estimate of drug-likeness (QED) is 0.328. The molecular formula is C25H23N5O2S. The molecule has 0 amide bonds. The molecule has 4 aromatic heterocycles. The van der Waals surface area contributed by atoms with E-state index in [1.165, 1.54) is 5.56 Å². The Kier molecular flexibility index (Phi) is 4.69. The molecule has 0 aliphatic heterocycles. The van der Waals surface area contributed by atoms with Crippen molar-refractivity contribution >= 4 is 39.5 Å². The molecule has 5 aromatic rings. The normalized spacial score (nSPS) is 18.8. The summed E-state index contributed by atoms with van der Waals surface area (Å²) in [6, 6.07) is 10.5. The number of benzene rings is 1. The Hall–Kier alpha value is -3.65. The lowest BCUT2D eigenvalue weighted by Crippen LogP contribution is -2.21. The van der Waals surface area contributed by atoms with E-state index >= 15 is 0 Å². The lowest BCUT2D eigenvalue weighted by Gasteiger charge is -2.25. The molecule has 0 bridgehead atoms. The fourth-order valence-corrected chi connectivity index (χ4v) is 5.76. The van der Waals surface area contributed by atoms with Gasteiger partial charge in [-0.2, -0.15) is 11.3 Å². The van der Waals surface area contributed by atoms with Gasteiger partial charge in [-0.1, -0.05) is 18.2 Å². The molecule has 0 atom stereocenters. The zero-order valence-electron chi connectivity index (χ0n) is 17.9. The molecule has 7 nitrogen and oxygen atoms in total. The molecule has 0 radical (unpaired) electrons. The van der Waals surface area contributed by atoms with Crippen LogP contribution >= 0.6 is 11.3 Å². The molecule has 166 valence electrons. The smallest absolute Gasteiger partial charge is 0.306 e. The van der Waals surface area contributed by atoms with Gasteiger partial charge in [0.05, 0.1) is 17.1 Å². The summed E-state index contributed by atoms with van der Waals surface area (Å²) in [5.74, 6) is 0.587. The molecule has 1 saturated carbocycles. The highest BCUT2D eigenvalue weighted by Gasteiger charge is 2.30. The van der Waals surface area contributed by atoms with Gasteiger partial charge in [0.1, 0.15) is 22.9 Å². The summed E-state index contributed by atoms with van der Waals surface area (Å²) in [6.45, 7) is 0. The van der Waals surface area contributed by atoms with Crippen LogP contribution in [-0.2, 0) is 4.79 Å². The van der Waals surface area contributed by atoms with Gasteiger partial charge in [0, 0.05) is 29.3 Å². The second-order valence-corrected chi connectivity index (χ2v) is 9.48. The largest absolute Gasteiger partial charge is 0.481 e. The van der Waals surface area contributed by atoms with Crippen LogP contribution in [0.1, 0.15) is 37.4 Å². The zero-order valence-corrected chi connectivity index (χ0v) is 18.7. The zero-order chi connectivity index (χ0) is 22.5. The third kappa shape index (κ3) is 3.29. The van der Waals surface area contributed by atoms with E-state index in [-0.39, 0.29) is 11.8 Å². The molecule has 0 saturated heterocycles. The van der Waals surface area contributed by atoms with Gasteiger partial charge in [-0.05, 0) is 54.1 Å². The fraction of sp³-hybridized carbons (Fsp3) is 0.240. The summed E-state index contributed by atoms with van der Waals surface area (Å²) in [7, 11) is 0. The molecule has 1 fully saturated rings. The fourth-order valence-electron chi connectivity index (χ4n) is 5.10. The predicted octanol–water partition coefficient (Wildman–Crippen LogP) is 5.55. The summed E-state index contributed by atoms with van der Waals surface area (Å²) in [4.78, 5) is 24.4. The number of nitrogen functional groups attached to an aromatic ring is 1. The van der Waals surface area contributed by atoms with Gasteiger partial charge < -0.3 is 15.8 Å².